The van der Waals surface area contributed by atoms with Crippen LogP contribution in [0.25, 0.3) is 0 Å². The number of aryl methyl sites for hydroxylation is 1. The molecule has 0 saturated heterocycles. The van der Waals surface area contributed by atoms with Gasteiger partial charge in [-0.1, -0.05) is 77.3 Å². The number of rotatable bonds is 7. The maximum absolute atomic E-state index is 11.7. The summed E-state index contributed by atoms with van der Waals surface area (Å²) in [4.78, 5) is 2.29. The van der Waals surface area contributed by atoms with Gasteiger partial charge in [-0.3, -0.25) is 0 Å². The molecule has 146 valence electrons. The quantitative estimate of drug-likeness (QED) is 0.583. The van der Waals surface area contributed by atoms with Gasteiger partial charge in [0.1, 0.15) is 0 Å². The molecule has 27 heavy (non-hydrogen) atoms. The number of aliphatic hydroxyl groups is 1. The van der Waals surface area contributed by atoms with Crippen LogP contribution in [0, 0.1) is 5.92 Å². The van der Waals surface area contributed by atoms with Gasteiger partial charge in [0.15, 0.2) is 0 Å². The lowest BCUT2D eigenvalue weighted by atomic mass is 9.68. The highest BCUT2D eigenvalue weighted by Gasteiger charge is 2.44. The maximum Gasteiger partial charge on any atom is 0.0694 e. The van der Waals surface area contributed by atoms with Crippen LogP contribution in [0.2, 0.25) is 0 Å². The molecule has 3 rings (SSSR count). The summed E-state index contributed by atoms with van der Waals surface area (Å²) >= 11 is 3.74. The van der Waals surface area contributed by atoms with Crippen molar-refractivity contribution in [1.82, 2.24) is 4.90 Å². The zero-order chi connectivity index (χ0) is 19.3. The van der Waals surface area contributed by atoms with Crippen LogP contribution in [0.4, 0.5) is 0 Å². The Morgan fingerprint density at radius 3 is 2.48 bits per heavy atom. The maximum atomic E-state index is 11.7. The highest BCUT2D eigenvalue weighted by Crippen LogP contribution is 2.47. The van der Waals surface area contributed by atoms with E-state index in [1.807, 2.05) is 0 Å². The Labute approximate surface area is 172 Å². The first-order chi connectivity index (χ1) is 13.0. The molecule has 0 spiro atoms. The molecule has 1 N–H and O–H groups in total. The lowest BCUT2D eigenvalue weighted by Gasteiger charge is -2.46. The third-order valence-corrected chi connectivity index (χ3v) is 6.87. The van der Waals surface area contributed by atoms with Crippen molar-refractivity contribution < 1.29 is 5.11 Å². The van der Waals surface area contributed by atoms with E-state index in [0.29, 0.717) is 0 Å². The van der Waals surface area contributed by atoms with Crippen molar-refractivity contribution in [3.8, 4) is 0 Å². The van der Waals surface area contributed by atoms with Crippen LogP contribution in [0.3, 0.4) is 0 Å². The number of nitrogens with zero attached hydrogens (tertiary/aromatic N) is 1. The summed E-state index contributed by atoms with van der Waals surface area (Å²) < 4.78 is 1.14. The molecule has 0 radical (unpaired) electrons. The molecule has 1 fully saturated rings. The lowest BCUT2D eigenvalue weighted by molar-refractivity contribution is -0.0842. The van der Waals surface area contributed by atoms with Crippen molar-refractivity contribution in [2.24, 2.45) is 5.92 Å². The largest absolute Gasteiger partial charge is 0.390 e. The highest BCUT2D eigenvalue weighted by atomic mass is 79.9. The van der Waals surface area contributed by atoms with E-state index in [1.54, 1.807) is 0 Å². The SMILES string of the molecule is CN(C)C(c1ccccc1Br)C1CCCCC1(O)CCCc1ccccc1. The summed E-state index contributed by atoms with van der Waals surface area (Å²) in [5.41, 5.74) is 2.07. The van der Waals surface area contributed by atoms with E-state index in [9.17, 15) is 5.11 Å². The fourth-order valence-electron chi connectivity index (χ4n) is 4.82. The van der Waals surface area contributed by atoms with Gasteiger partial charge in [0.2, 0.25) is 0 Å². The zero-order valence-electron chi connectivity index (χ0n) is 16.6. The van der Waals surface area contributed by atoms with Gasteiger partial charge in [0.05, 0.1) is 5.60 Å². The number of benzene rings is 2. The molecule has 3 atom stereocenters. The molecule has 2 aromatic rings. The Morgan fingerprint density at radius 2 is 1.78 bits per heavy atom. The minimum absolute atomic E-state index is 0.225. The average molecular weight is 430 g/mol. The molecule has 0 heterocycles. The second-order valence-corrected chi connectivity index (χ2v) is 9.08. The van der Waals surface area contributed by atoms with Crippen molar-refractivity contribution in [1.29, 1.82) is 0 Å². The van der Waals surface area contributed by atoms with Gasteiger partial charge in [0.25, 0.3) is 0 Å². The molecule has 0 aliphatic heterocycles. The molecule has 2 nitrogen and oxygen atoms in total. The number of hydrogen-bond acceptors (Lipinski definition) is 2. The van der Waals surface area contributed by atoms with Crippen LogP contribution in [-0.2, 0) is 6.42 Å². The van der Waals surface area contributed by atoms with Crippen molar-refractivity contribution >= 4 is 15.9 Å². The van der Waals surface area contributed by atoms with Gasteiger partial charge in [-0.2, -0.15) is 0 Å². The van der Waals surface area contributed by atoms with Crippen LogP contribution < -0.4 is 0 Å². The smallest absolute Gasteiger partial charge is 0.0694 e. The van der Waals surface area contributed by atoms with E-state index in [2.05, 4.69) is 89.5 Å². The topological polar surface area (TPSA) is 23.5 Å². The Morgan fingerprint density at radius 1 is 1.07 bits per heavy atom. The summed E-state index contributed by atoms with van der Waals surface area (Å²) in [6.45, 7) is 0. The van der Waals surface area contributed by atoms with E-state index in [0.717, 1.165) is 43.0 Å². The Kier molecular flexibility index (Phi) is 7.13. The summed E-state index contributed by atoms with van der Waals surface area (Å²) in [5.74, 6) is 0.260. The minimum Gasteiger partial charge on any atom is -0.390 e. The first-order valence-electron chi connectivity index (χ1n) is 10.2. The van der Waals surface area contributed by atoms with Crippen LogP contribution in [-0.4, -0.2) is 29.7 Å². The Balaban J connectivity index is 1.78. The summed E-state index contributed by atoms with van der Waals surface area (Å²) in [5, 5.41) is 11.7. The Hall–Kier alpha value is -1.16. The van der Waals surface area contributed by atoms with Crippen LogP contribution in [0.1, 0.15) is 55.7 Å². The highest BCUT2D eigenvalue weighted by molar-refractivity contribution is 9.10. The van der Waals surface area contributed by atoms with Crippen molar-refractivity contribution in [3.05, 3.63) is 70.2 Å². The summed E-state index contributed by atoms with van der Waals surface area (Å²) in [7, 11) is 4.28. The monoisotopic (exact) mass is 429 g/mol. The normalized spacial score (nSPS) is 24.1. The molecule has 0 amide bonds. The molecule has 2 aromatic carbocycles. The van der Waals surface area contributed by atoms with Gasteiger partial charge >= 0.3 is 0 Å². The second kappa shape index (κ2) is 9.36. The number of halogens is 1. The molecule has 1 saturated carbocycles. The zero-order valence-corrected chi connectivity index (χ0v) is 18.2. The van der Waals surface area contributed by atoms with Crippen LogP contribution in [0.5, 0.6) is 0 Å². The van der Waals surface area contributed by atoms with Crippen LogP contribution in [0.15, 0.2) is 59.1 Å². The fraction of sp³-hybridized carbons (Fsp3) is 0.500. The predicted octanol–water partition coefficient (Wildman–Crippen LogP) is 6.00. The molecule has 1 aliphatic carbocycles. The van der Waals surface area contributed by atoms with Gasteiger partial charge in [-0.15, -0.1) is 0 Å². The first kappa shape index (κ1) is 20.6. The summed E-state index contributed by atoms with van der Waals surface area (Å²) in [6.07, 6.45) is 7.30. The van der Waals surface area contributed by atoms with Crippen molar-refractivity contribution in [2.75, 3.05) is 14.1 Å². The van der Waals surface area contributed by atoms with E-state index >= 15 is 0 Å². The second-order valence-electron chi connectivity index (χ2n) is 8.22. The molecular weight excluding hydrogens is 398 g/mol. The fourth-order valence-corrected chi connectivity index (χ4v) is 5.34. The van der Waals surface area contributed by atoms with E-state index in [-0.39, 0.29) is 12.0 Å². The molecule has 3 heteroatoms. The van der Waals surface area contributed by atoms with Gasteiger partial charge in [-0.05, 0) is 63.4 Å². The molecule has 0 aromatic heterocycles. The first-order valence-corrected chi connectivity index (χ1v) is 11.0. The molecular formula is C24H32BrNO. The van der Waals surface area contributed by atoms with Crippen molar-refractivity contribution in [2.45, 2.75) is 56.6 Å². The van der Waals surface area contributed by atoms with Gasteiger partial charge in [-0.25, -0.2) is 0 Å². The van der Waals surface area contributed by atoms with Gasteiger partial charge < -0.3 is 10.0 Å². The van der Waals surface area contributed by atoms with Gasteiger partial charge in [0, 0.05) is 16.4 Å². The minimum atomic E-state index is -0.586. The Bertz CT molecular complexity index is 717. The molecule has 1 aliphatic rings. The lowest BCUT2D eigenvalue weighted by Crippen LogP contribution is -2.47. The third kappa shape index (κ3) is 5.01. The standard InChI is InChI=1S/C24H32BrNO/c1-26(2)23(20-14-6-7-16-22(20)25)21-15-8-9-17-24(21,27)18-10-13-19-11-4-3-5-12-19/h3-7,11-12,14,16,21,23,27H,8-10,13,15,17-18H2,1-2H3. The van der Waals surface area contributed by atoms with E-state index in [1.165, 1.54) is 17.5 Å². The molecule has 0 bridgehead atoms. The third-order valence-electron chi connectivity index (χ3n) is 6.14. The van der Waals surface area contributed by atoms with E-state index in [4.69, 9.17) is 0 Å². The van der Waals surface area contributed by atoms with E-state index < -0.39 is 5.60 Å². The summed E-state index contributed by atoms with van der Waals surface area (Å²) in [6, 6.07) is 19.3. The van der Waals surface area contributed by atoms with Crippen molar-refractivity contribution in [3.63, 3.8) is 0 Å². The molecule has 3 unspecified atom stereocenters. The average Bonchev–Trinajstić information content (AvgIpc) is 2.66. The number of hydrogen-bond donors (Lipinski definition) is 1. The van der Waals surface area contributed by atoms with Crippen LogP contribution >= 0.6 is 15.9 Å². The predicted molar refractivity (Wildman–Crippen MR) is 117 cm³/mol.